The average Bonchev–Trinajstić information content (AvgIpc) is 3.16. The molecule has 2 nitrogen and oxygen atoms in total. The van der Waals surface area contributed by atoms with Gasteiger partial charge in [0.1, 0.15) is 0 Å². The number of hydrogen-bond donors (Lipinski definition) is 2. The second-order valence-electron chi connectivity index (χ2n) is 11.5. The fraction of sp³-hybridized carbons (Fsp3) is 0. The number of rotatable bonds is 4. The van der Waals surface area contributed by atoms with Crippen molar-refractivity contribution in [2.45, 2.75) is 0 Å². The van der Waals surface area contributed by atoms with Crippen molar-refractivity contribution >= 4 is 81.9 Å². The molecule has 0 heterocycles. The zero-order valence-electron chi connectivity index (χ0n) is 26.9. The summed E-state index contributed by atoms with van der Waals surface area (Å²) in [7, 11) is -1.48. The summed E-state index contributed by atoms with van der Waals surface area (Å²) < 4.78 is 3.32. The van der Waals surface area contributed by atoms with Gasteiger partial charge in [-0.25, -0.2) is 0 Å². The van der Waals surface area contributed by atoms with Crippen LogP contribution in [0.4, 0.5) is 0 Å². The van der Waals surface area contributed by atoms with Gasteiger partial charge in [0.05, 0.1) is 0 Å². The van der Waals surface area contributed by atoms with Crippen molar-refractivity contribution in [1.29, 1.82) is 0 Å². The van der Waals surface area contributed by atoms with Crippen LogP contribution in [-0.4, -0.2) is 17.2 Å². The predicted molar refractivity (Wildman–Crippen MR) is 224 cm³/mol. The van der Waals surface area contributed by atoms with Crippen molar-refractivity contribution in [1.82, 2.24) is 0 Å². The summed E-state index contributed by atoms with van der Waals surface area (Å²) in [4.78, 5) is 0. The Balaban J connectivity index is 0.000000144. The summed E-state index contributed by atoms with van der Waals surface area (Å²) in [5.74, 6) is 0. The average molecular weight is 843 g/mol. The van der Waals surface area contributed by atoms with Gasteiger partial charge in [0.25, 0.3) is 0 Å². The fourth-order valence-electron chi connectivity index (χ4n) is 5.93. The molecule has 8 rings (SSSR count). The lowest BCUT2D eigenvalue weighted by Crippen LogP contribution is -2.32. The normalized spacial score (nSPS) is 10.5. The SMILES string of the molecule is Brc1ccc(-c2c(-c3ccccc3)ccc3ccccc23)cc1.Brc1ccc(Br)cc1.OB(O)c1c(-c2ccccc2)ccc2ccccc12. The van der Waals surface area contributed by atoms with Crippen LogP contribution in [0.5, 0.6) is 0 Å². The topological polar surface area (TPSA) is 40.5 Å². The molecule has 0 bridgehead atoms. The van der Waals surface area contributed by atoms with E-state index >= 15 is 0 Å². The highest BCUT2D eigenvalue weighted by Crippen LogP contribution is 2.38. The lowest BCUT2D eigenvalue weighted by atomic mass is 9.72. The summed E-state index contributed by atoms with van der Waals surface area (Å²) in [5, 5.41) is 23.9. The van der Waals surface area contributed by atoms with E-state index in [4.69, 9.17) is 0 Å². The van der Waals surface area contributed by atoms with Gasteiger partial charge in [-0.3, -0.25) is 0 Å². The largest absolute Gasteiger partial charge is 0.489 e. The molecule has 0 spiro atoms. The summed E-state index contributed by atoms with van der Waals surface area (Å²) in [5.41, 5.74) is 7.45. The molecule has 6 heteroatoms. The van der Waals surface area contributed by atoms with Crippen LogP contribution in [0.15, 0.2) is 195 Å². The number of halogens is 3. The van der Waals surface area contributed by atoms with Gasteiger partial charge in [-0.2, -0.15) is 0 Å². The zero-order valence-corrected chi connectivity index (χ0v) is 31.7. The lowest BCUT2D eigenvalue weighted by Gasteiger charge is -2.14. The van der Waals surface area contributed by atoms with E-state index in [0.29, 0.717) is 5.46 Å². The molecular formula is C44H32BBr3O2. The number of benzene rings is 8. The van der Waals surface area contributed by atoms with Crippen molar-refractivity contribution in [3.63, 3.8) is 0 Å². The van der Waals surface area contributed by atoms with E-state index in [-0.39, 0.29) is 0 Å². The van der Waals surface area contributed by atoms with Crippen LogP contribution in [0, 0.1) is 0 Å². The molecule has 50 heavy (non-hydrogen) atoms. The minimum absolute atomic E-state index is 0.560. The van der Waals surface area contributed by atoms with Gasteiger partial charge < -0.3 is 10.0 Å². The third-order valence-electron chi connectivity index (χ3n) is 8.26. The summed E-state index contributed by atoms with van der Waals surface area (Å²) in [6.07, 6.45) is 0. The minimum atomic E-state index is -1.48. The van der Waals surface area contributed by atoms with Gasteiger partial charge in [0, 0.05) is 13.4 Å². The third kappa shape index (κ3) is 8.70. The Bertz CT molecular complexity index is 2290. The zero-order chi connectivity index (χ0) is 34.9. The lowest BCUT2D eigenvalue weighted by molar-refractivity contribution is 0.426. The van der Waals surface area contributed by atoms with E-state index in [9.17, 15) is 10.0 Å². The van der Waals surface area contributed by atoms with Crippen LogP contribution in [0.25, 0.3) is 54.9 Å². The summed E-state index contributed by atoms with van der Waals surface area (Å²) >= 11 is 10.2. The molecule has 0 aliphatic carbocycles. The van der Waals surface area contributed by atoms with Crippen molar-refractivity contribution < 1.29 is 10.0 Å². The number of fused-ring (bicyclic) bond motifs is 2. The third-order valence-corrected chi connectivity index (χ3v) is 9.85. The van der Waals surface area contributed by atoms with Crippen molar-refractivity contribution in [3.05, 3.63) is 195 Å². The Morgan fingerprint density at radius 1 is 0.340 bits per heavy atom. The van der Waals surface area contributed by atoms with E-state index in [2.05, 4.69) is 139 Å². The smallest absolute Gasteiger partial charge is 0.423 e. The predicted octanol–water partition coefficient (Wildman–Crippen LogP) is 12.3. The Morgan fingerprint density at radius 3 is 1.26 bits per heavy atom. The van der Waals surface area contributed by atoms with E-state index < -0.39 is 7.12 Å². The van der Waals surface area contributed by atoms with Gasteiger partial charge in [0.15, 0.2) is 0 Å². The van der Waals surface area contributed by atoms with Crippen LogP contribution in [0.2, 0.25) is 0 Å². The Morgan fingerprint density at radius 2 is 0.740 bits per heavy atom. The summed E-state index contributed by atoms with van der Waals surface area (Å²) in [6.45, 7) is 0. The van der Waals surface area contributed by atoms with Crippen molar-refractivity contribution in [2.75, 3.05) is 0 Å². The van der Waals surface area contributed by atoms with E-state index in [1.165, 1.54) is 33.0 Å². The Kier molecular flexibility index (Phi) is 12.1. The maximum absolute atomic E-state index is 9.72. The highest BCUT2D eigenvalue weighted by atomic mass is 79.9. The first-order valence-electron chi connectivity index (χ1n) is 16.1. The molecule has 0 aromatic heterocycles. The van der Waals surface area contributed by atoms with Crippen LogP contribution in [0.1, 0.15) is 0 Å². The Hall–Kier alpha value is -4.30. The van der Waals surface area contributed by atoms with E-state index in [0.717, 1.165) is 35.3 Å². The molecular weight excluding hydrogens is 811 g/mol. The van der Waals surface area contributed by atoms with Gasteiger partial charge in [-0.1, -0.05) is 193 Å². The van der Waals surface area contributed by atoms with Crippen LogP contribution in [0.3, 0.4) is 0 Å². The molecule has 8 aromatic rings. The van der Waals surface area contributed by atoms with E-state index in [1.54, 1.807) is 0 Å². The molecule has 0 amide bonds. The maximum Gasteiger partial charge on any atom is 0.489 e. The Labute approximate surface area is 318 Å². The molecule has 0 saturated heterocycles. The monoisotopic (exact) mass is 840 g/mol. The van der Waals surface area contributed by atoms with Crippen molar-refractivity contribution in [3.8, 4) is 33.4 Å². The highest BCUT2D eigenvalue weighted by molar-refractivity contribution is 9.11. The minimum Gasteiger partial charge on any atom is -0.423 e. The van der Waals surface area contributed by atoms with E-state index in [1.807, 2.05) is 91.0 Å². The fourth-order valence-corrected chi connectivity index (χ4v) is 6.72. The van der Waals surface area contributed by atoms with Gasteiger partial charge in [0.2, 0.25) is 0 Å². The molecule has 0 saturated carbocycles. The first-order valence-corrected chi connectivity index (χ1v) is 18.4. The molecule has 244 valence electrons. The maximum atomic E-state index is 9.72. The van der Waals surface area contributed by atoms with Gasteiger partial charge in [-0.15, -0.1) is 0 Å². The molecule has 0 radical (unpaired) electrons. The van der Waals surface area contributed by atoms with Gasteiger partial charge >= 0.3 is 7.12 Å². The molecule has 8 aromatic carbocycles. The number of hydrogen-bond acceptors (Lipinski definition) is 2. The van der Waals surface area contributed by atoms with Gasteiger partial charge in [-0.05, 0) is 96.8 Å². The molecule has 0 atom stereocenters. The second kappa shape index (κ2) is 17.1. The first-order chi connectivity index (χ1) is 24.4. The van der Waals surface area contributed by atoms with Crippen molar-refractivity contribution in [2.24, 2.45) is 0 Å². The molecule has 2 N–H and O–H groups in total. The molecule has 0 unspecified atom stereocenters. The first kappa shape index (κ1) is 35.5. The van der Waals surface area contributed by atoms with Crippen LogP contribution in [-0.2, 0) is 0 Å². The standard InChI is InChI=1S/C22H15Br.C16H13BO2.C6H4Br2/c23-19-13-10-18(11-14-19)22-20-9-5-4-8-17(20)12-15-21(22)16-6-2-1-3-7-16;18-17(19)16-14-9-5-4-8-13(14)10-11-15(16)12-6-2-1-3-7-12;7-5-1-2-6(8)4-3-5/h1-15H;1-11,18-19H;1-4H. The molecule has 0 aliphatic rings. The quantitative estimate of drug-likeness (QED) is 0.173. The van der Waals surface area contributed by atoms with Crippen LogP contribution >= 0.6 is 47.8 Å². The molecule has 0 aliphatic heterocycles. The second-order valence-corrected chi connectivity index (χ2v) is 14.3. The molecule has 0 fully saturated rings. The summed E-state index contributed by atoms with van der Waals surface area (Å²) in [6, 6.07) is 61.6. The highest BCUT2D eigenvalue weighted by Gasteiger charge is 2.20. The van der Waals surface area contributed by atoms with Crippen LogP contribution < -0.4 is 5.46 Å².